The minimum absolute atomic E-state index is 0. The van der Waals surface area contributed by atoms with Crippen molar-refractivity contribution in [2.45, 2.75) is 6.42 Å². The molecule has 0 aromatic heterocycles. The summed E-state index contributed by atoms with van der Waals surface area (Å²) in [4.78, 5) is 26.5. The smallest absolute Gasteiger partial charge is 0.339 e. The molecule has 0 spiro atoms. The zero-order valence-electron chi connectivity index (χ0n) is 6.13. The lowest BCUT2D eigenvalue weighted by Gasteiger charge is -2.03. The molecule has 0 rings (SSSR count). The van der Waals surface area contributed by atoms with Crippen molar-refractivity contribution in [2.24, 2.45) is 0 Å². The van der Waals surface area contributed by atoms with Crippen molar-refractivity contribution in [3.8, 4) is 0 Å². The van der Waals surface area contributed by atoms with E-state index in [0.29, 0.717) is 0 Å². The molecule has 0 aromatic carbocycles. The first kappa shape index (κ1) is 14.4. The third-order valence-corrected chi connectivity index (χ3v) is 1.47. The van der Waals surface area contributed by atoms with Gasteiger partial charge < -0.3 is 20.2 Å². The number of carboxylic acids is 1. The second-order valence-electron chi connectivity index (χ2n) is 1.97. The van der Waals surface area contributed by atoms with Crippen molar-refractivity contribution in [3.05, 3.63) is 0 Å². The summed E-state index contributed by atoms with van der Waals surface area (Å²) in [6.45, 7) is 0.0699. The Kier molecular flexibility index (Phi) is 7.67. The predicted octanol–water partition coefficient (Wildman–Crippen LogP) is -0.392. The summed E-state index contributed by atoms with van der Waals surface area (Å²) < 4.78 is 10.2. The quantitative estimate of drug-likeness (QED) is 0.371. The Bertz CT molecular complexity index is 180. The third kappa shape index (κ3) is 12.5. The van der Waals surface area contributed by atoms with E-state index in [4.69, 9.17) is 14.9 Å². The number of hydrogen-bond acceptors (Lipinski definition) is 3. The highest BCUT2D eigenvalue weighted by molar-refractivity contribution is 7.51. The summed E-state index contributed by atoms with van der Waals surface area (Å²) in [7, 11) is -4.03. The van der Waals surface area contributed by atoms with Crippen molar-refractivity contribution in [2.75, 3.05) is 12.8 Å². The highest BCUT2D eigenvalue weighted by Crippen LogP contribution is 2.31. The minimum Gasteiger partial charge on any atom is -0.481 e. The van der Waals surface area contributed by atoms with E-state index >= 15 is 0 Å². The van der Waals surface area contributed by atoms with Gasteiger partial charge in [0, 0.05) is 6.54 Å². The van der Waals surface area contributed by atoms with Crippen LogP contribution in [-0.2, 0) is 9.36 Å². The van der Waals surface area contributed by atoms with E-state index in [1.54, 1.807) is 0 Å². The van der Waals surface area contributed by atoms with Crippen LogP contribution in [0.2, 0.25) is 0 Å². The molecule has 0 fully saturated rings. The maximum Gasteiger partial charge on any atom is 0.339 e. The van der Waals surface area contributed by atoms with E-state index in [1.165, 1.54) is 0 Å². The Labute approximate surface area is 75.5 Å². The fraction of sp³-hybridized carbons (Fsp3) is 0.750. The molecule has 0 bridgehead atoms. The van der Waals surface area contributed by atoms with Gasteiger partial charge in [0.1, 0.15) is 0 Å². The predicted molar refractivity (Wildman–Crippen MR) is 44.4 cm³/mol. The summed E-state index contributed by atoms with van der Waals surface area (Å²) in [6.07, 6.45) is -0.611. The topological polar surface area (TPSA) is 107 Å². The van der Waals surface area contributed by atoms with E-state index in [9.17, 15) is 9.36 Å². The van der Waals surface area contributed by atoms with Gasteiger partial charge in [0.05, 0.1) is 12.7 Å². The van der Waals surface area contributed by atoms with Gasteiger partial charge in [-0.2, -0.15) is 0 Å². The monoisotopic (exact) mass is 219 g/mol. The van der Waals surface area contributed by atoms with E-state index in [1.807, 2.05) is 0 Å². The van der Waals surface area contributed by atoms with Gasteiger partial charge in [0.15, 0.2) is 0 Å². The molecule has 0 atom stereocenters. The van der Waals surface area contributed by atoms with E-state index in [-0.39, 0.29) is 25.4 Å². The molecule has 0 aromatic rings. The maximum absolute atomic E-state index is 10.2. The minimum atomic E-state index is -4.03. The molecule has 0 aliphatic carbocycles. The Balaban J connectivity index is 0. The fourth-order valence-corrected chi connectivity index (χ4v) is 0.869. The highest BCUT2D eigenvalue weighted by atomic mass is 35.5. The van der Waals surface area contributed by atoms with Gasteiger partial charge in [-0.25, -0.2) is 0 Å². The van der Waals surface area contributed by atoms with E-state index < -0.39 is 19.9 Å². The molecule has 8 heteroatoms. The zero-order valence-corrected chi connectivity index (χ0v) is 7.85. The van der Waals surface area contributed by atoms with Crippen LogP contribution in [0.15, 0.2) is 0 Å². The average Bonchev–Trinajstić information content (AvgIpc) is 1.78. The van der Waals surface area contributed by atoms with Crippen LogP contribution in [0.3, 0.4) is 0 Å². The Hall–Kier alpha value is -0.130. The largest absolute Gasteiger partial charge is 0.481 e. The fourth-order valence-electron chi connectivity index (χ4n) is 0.420. The molecule has 0 aliphatic rings. The second-order valence-corrected chi connectivity index (χ2v) is 3.61. The van der Waals surface area contributed by atoms with Crippen LogP contribution in [0.1, 0.15) is 6.42 Å². The van der Waals surface area contributed by atoms with Crippen LogP contribution in [0, 0.1) is 0 Å². The number of hydrogen-bond donors (Lipinski definition) is 4. The van der Waals surface area contributed by atoms with Crippen molar-refractivity contribution < 1.29 is 24.3 Å². The molecular weight excluding hydrogens is 208 g/mol. The van der Waals surface area contributed by atoms with Gasteiger partial charge in [0.25, 0.3) is 0 Å². The molecule has 0 amide bonds. The summed E-state index contributed by atoms with van der Waals surface area (Å²) in [5, 5.41) is 10.4. The maximum atomic E-state index is 10.2. The molecule has 12 heavy (non-hydrogen) atoms. The van der Waals surface area contributed by atoms with Crippen molar-refractivity contribution >= 4 is 26.0 Å². The molecule has 0 radical (unpaired) electrons. The Morgan fingerprint density at radius 1 is 1.42 bits per heavy atom. The van der Waals surface area contributed by atoms with Crippen LogP contribution < -0.4 is 5.32 Å². The molecule has 0 saturated heterocycles. The molecule has 74 valence electrons. The number of rotatable bonds is 5. The first-order valence-corrected chi connectivity index (χ1v) is 4.68. The second kappa shape index (κ2) is 6.39. The first-order chi connectivity index (χ1) is 4.92. The lowest BCUT2D eigenvalue weighted by Crippen LogP contribution is -2.19. The third-order valence-electron chi connectivity index (χ3n) is 0.833. The molecule has 0 aliphatic heterocycles. The van der Waals surface area contributed by atoms with Crippen LogP contribution in [0.5, 0.6) is 0 Å². The van der Waals surface area contributed by atoms with Crippen molar-refractivity contribution in [3.63, 3.8) is 0 Å². The summed E-state index contributed by atoms with van der Waals surface area (Å²) in [5.74, 6) is -0.997. The molecule has 0 unspecified atom stereocenters. The van der Waals surface area contributed by atoms with Crippen LogP contribution in [-0.4, -0.2) is 33.7 Å². The van der Waals surface area contributed by atoms with Crippen LogP contribution in [0.4, 0.5) is 0 Å². The molecular formula is C4H11ClNO5P. The number of carboxylic acid groups (broad SMARTS) is 1. The number of nitrogens with one attached hydrogen (secondary N) is 1. The normalized spacial score (nSPS) is 10.5. The summed E-state index contributed by atoms with van der Waals surface area (Å²) >= 11 is 0. The van der Waals surface area contributed by atoms with Gasteiger partial charge in [-0.05, 0) is 0 Å². The van der Waals surface area contributed by atoms with E-state index in [2.05, 4.69) is 5.32 Å². The molecule has 4 N–H and O–H groups in total. The Morgan fingerprint density at radius 3 is 2.25 bits per heavy atom. The van der Waals surface area contributed by atoms with Gasteiger partial charge >= 0.3 is 13.6 Å². The van der Waals surface area contributed by atoms with Gasteiger partial charge in [-0.1, -0.05) is 0 Å². The zero-order chi connectivity index (χ0) is 8.91. The standard InChI is InChI=1S/C4H10NO5P.ClH/c6-4(7)1-2-5-3-11(8,9)10;/h5H,1-3H2,(H,6,7)(H2,8,9,10);1H. The highest BCUT2D eigenvalue weighted by Gasteiger charge is 2.10. The molecule has 6 nitrogen and oxygen atoms in total. The van der Waals surface area contributed by atoms with Crippen molar-refractivity contribution in [1.82, 2.24) is 5.32 Å². The van der Waals surface area contributed by atoms with Crippen LogP contribution in [0.25, 0.3) is 0 Å². The summed E-state index contributed by atoms with van der Waals surface area (Å²) in [5.41, 5.74) is 0. The Morgan fingerprint density at radius 2 is 1.92 bits per heavy atom. The van der Waals surface area contributed by atoms with Gasteiger partial charge in [0.2, 0.25) is 0 Å². The van der Waals surface area contributed by atoms with Crippen LogP contribution >= 0.6 is 20.0 Å². The SMILES string of the molecule is Cl.O=C(O)CCNCP(=O)(O)O. The van der Waals surface area contributed by atoms with Gasteiger partial charge in [-0.15, -0.1) is 12.4 Å². The van der Waals surface area contributed by atoms with Gasteiger partial charge in [-0.3, -0.25) is 9.36 Å². The number of aliphatic carboxylic acids is 1. The molecule has 0 saturated carbocycles. The lowest BCUT2D eigenvalue weighted by atomic mass is 10.4. The lowest BCUT2D eigenvalue weighted by molar-refractivity contribution is -0.136. The molecule has 0 heterocycles. The van der Waals surface area contributed by atoms with Crippen molar-refractivity contribution in [1.29, 1.82) is 0 Å². The number of carbonyl (C=O) groups is 1. The first-order valence-electron chi connectivity index (χ1n) is 2.89. The average molecular weight is 220 g/mol. The number of halogens is 1. The summed E-state index contributed by atoms with van der Waals surface area (Å²) in [6, 6.07) is 0. The van der Waals surface area contributed by atoms with E-state index in [0.717, 1.165) is 0 Å².